The zero-order chi connectivity index (χ0) is 12.6. The molecule has 6 heteroatoms. The molecule has 2 rings (SSSR count). The summed E-state index contributed by atoms with van der Waals surface area (Å²) in [4.78, 5) is 0. The second-order valence-electron chi connectivity index (χ2n) is 4.49. The van der Waals surface area contributed by atoms with E-state index >= 15 is 0 Å². The molecule has 102 valence electrons. The quantitative estimate of drug-likeness (QED) is 0.797. The van der Waals surface area contributed by atoms with Gasteiger partial charge in [-0.2, -0.15) is 4.39 Å². The molecule has 1 aromatic rings. The molecule has 1 aromatic carbocycles. The molecule has 0 bridgehead atoms. The van der Waals surface area contributed by atoms with Crippen LogP contribution in [0.2, 0.25) is 0 Å². The number of benzene rings is 1. The highest BCUT2D eigenvalue weighted by molar-refractivity contribution is 9.10. The van der Waals surface area contributed by atoms with Gasteiger partial charge >= 0.3 is 0 Å². The van der Waals surface area contributed by atoms with Crippen molar-refractivity contribution in [2.24, 2.45) is 11.7 Å². The lowest BCUT2D eigenvalue weighted by Crippen LogP contribution is -2.19. The first-order valence-electron chi connectivity index (χ1n) is 5.64. The molecule has 1 fully saturated rings. The van der Waals surface area contributed by atoms with Gasteiger partial charge in [0.25, 0.3) is 0 Å². The zero-order valence-electron chi connectivity index (χ0n) is 9.63. The summed E-state index contributed by atoms with van der Waals surface area (Å²) in [5.74, 6) is -2.74. The van der Waals surface area contributed by atoms with Gasteiger partial charge in [0.05, 0.1) is 4.47 Å². The number of rotatable bonds is 2. The van der Waals surface area contributed by atoms with Crippen LogP contribution in [-0.2, 0) is 0 Å². The minimum Gasteiger partial charge on any atom is -0.505 e. The molecular weight excluding hydrogens is 327 g/mol. The molecule has 0 heterocycles. The fourth-order valence-corrected chi connectivity index (χ4v) is 2.85. The third-order valence-corrected chi connectivity index (χ3v) is 4.01. The maximum Gasteiger partial charge on any atom is 0.201 e. The van der Waals surface area contributed by atoms with E-state index < -0.39 is 23.4 Å². The molecule has 1 aliphatic carbocycles. The fourth-order valence-electron chi connectivity index (χ4n) is 2.43. The molecule has 0 saturated heterocycles. The van der Waals surface area contributed by atoms with Gasteiger partial charge in [-0.1, -0.05) is 12.8 Å². The second-order valence-corrected chi connectivity index (χ2v) is 5.35. The predicted molar refractivity (Wildman–Crippen MR) is 71.9 cm³/mol. The number of hydrogen-bond donors (Lipinski definition) is 2. The van der Waals surface area contributed by atoms with Gasteiger partial charge in [-0.3, -0.25) is 0 Å². The summed E-state index contributed by atoms with van der Waals surface area (Å²) in [6.45, 7) is 0. The van der Waals surface area contributed by atoms with E-state index in [2.05, 4.69) is 15.9 Å². The molecule has 0 radical (unpaired) electrons. The van der Waals surface area contributed by atoms with Crippen molar-refractivity contribution in [1.29, 1.82) is 0 Å². The monoisotopic (exact) mass is 341 g/mol. The van der Waals surface area contributed by atoms with Crippen LogP contribution in [0.25, 0.3) is 0 Å². The van der Waals surface area contributed by atoms with Crippen molar-refractivity contribution in [2.45, 2.75) is 31.7 Å². The Hall–Kier alpha value is -0.390. The highest BCUT2D eigenvalue weighted by Gasteiger charge is 2.28. The van der Waals surface area contributed by atoms with Crippen molar-refractivity contribution in [3.05, 3.63) is 27.7 Å². The van der Waals surface area contributed by atoms with Gasteiger partial charge < -0.3 is 10.8 Å². The Morgan fingerprint density at radius 3 is 2.39 bits per heavy atom. The number of aromatic hydroxyl groups is 1. The molecular formula is C12H15BrClF2NO. The van der Waals surface area contributed by atoms with Crippen molar-refractivity contribution < 1.29 is 13.9 Å². The van der Waals surface area contributed by atoms with Crippen LogP contribution in [0.15, 0.2) is 10.5 Å². The Balaban J connectivity index is 0.00000162. The minimum absolute atomic E-state index is 0. The Morgan fingerprint density at radius 2 is 1.83 bits per heavy atom. The lowest BCUT2D eigenvalue weighted by molar-refractivity contribution is 0.376. The smallest absolute Gasteiger partial charge is 0.201 e. The van der Waals surface area contributed by atoms with Gasteiger partial charge in [-0.15, -0.1) is 12.4 Å². The van der Waals surface area contributed by atoms with Crippen LogP contribution < -0.4 is 5.73 Å². The van der Waals surface area contributed by atoms with Crippen LogP contribution in [0.5, 0.6) is 5.75 Å². The van der Waals surface area contributed by atoms with Gasteiger partial charge in [-0.25, -0.2) is 4.39 Å². The van der Waals surface area contributed by atoms with Gasteiger partial charge in [0.1, 0.15) is 0 Å². The number of halogens is 4. The first kappa shape index (κ1) is 15.7. The summed E-state index contributed by atoms with van der Waals surface area (Å²) in [5, 5.41) is 9.62. The topological polar surface area (TPSA) is 46.2 Å². The molecule has 0 aromatic heterocycles. The number of nitrogens with two attached hydrogens (primary N) is 1. The average molecular weight is 343 g/mol. The lowest BCUT2D eigenvalue weighted by Gasteiger charge is -2.20. The first-order valence-corrected chi connectivity index (χ1v) is 6.43. The normalized spacial score (nSPS) is 17.6. The van der Waals surface area contributed by atoms with Crippen molar-refractivity contribution in [2.75, 3.05) is 0 Å². The zero-order valence-corrected chi connectivity index (χ0v) is 12.0. The average Bonchev–Trinajstić information content (AvgIpc) is 2.84. The van der Waals surface area contributed by atoms with Gasteiger partial charge in [0, 0.05) is 11.6 Å². The summed E-state index contributed by atoms with van der Waals surface area (Å²) in [5.41, 5.74) is 6.30. The standard InChI is InChI=1S/C12H14BrF2NO.ClH/c13-8-5-7(12(17)10(15)9(8)14)11(16)6-3-1-2-4-6;/h5-6,11,17H,1-4,16H2;1H/t11-;/m0./s1. The molecule has 2 nitrogen and oxygen atoms in total. The highest BCUT2D eigenvalue weighted by atomic mass is 79.9. The van der Waals surface area contributed by atoms with E-state index in [-0.39, 0.29) is 28.4 Å². The predicted octanol–water partition coefficient (Wildman–Crippen LogP) is 4.04. The van der Waals surface area contributed by atoms with E-state index in [1.807, 2.05) is 0 Å². The fraction of sp³-hybridized carbons (Fsp3) is 0.500. The summed E-state index contributed by atoms with van der Waals surface area (Å²) in [6, 6.07) is 0.931. The third kappa shape index (κ3) is 2.78. The molecule has 1 atom stereocenters. The van der Waals surface area contributed by atoms with Crippen molar-refractivity contribution in [1.82, 2.24) is 0 Å². The Morgan fingerprint density at radius 1 is 1.28 bits per heavy atom. The maximum absolute atomic E-state index is 13.4. The minimum atomic E-state index is -1.23. The molecule has 18 heavy (non-hydrogen) atoms. The largest absolute Gasteiger partial charge is 0.505 e. The summed E-state index contributed by atoms with van der Waals surface area (Å²) in [7, 11) is 0. The number of phenols is 1. The molecule has 0 spiro atoms. The van der Waals surface area contributed by atoms with E-state index in [1.165, 1.54) is 6.07 Å². The van der Waals surface area contributed by atoms with E-state index in [0.29, 0.717) is 0 Å². The van der Waals surface area contributed by atoms with Gasteiger partial charge in [0.15, 0.2) is 11.6 Å². The van der Waals surface area contributed by atoms with Crippen LogP contribution in [0.1, 0.15) is 37.3 Å². The molecule has 0 unspecified atom stereocenters. The van der Waals surface area contributed by atoms with E-state index in [0.717, 1.165) is 25.7 Å². The van der Waals surface area contributed by atoms with Gasteiger partial charge in [-0.05, 0) is 40.8 Å². The van der Waals surface area contributed by atoms with Gasteiger partial charge in [0.2, 0.25) is 5.82 Å². The number of hydrogen-bond acceptors (Lipinski definition) is 2. The Bertz CT molecular complexity index is 439. The number of phenolic OH excluding ortho intramolecular Hbond substituents is 1. The molecule has 0 aliphatic heterocycles. The van der Waals surface area contributed by atoms with Crippen LogP contribution in [-0.4, -0.2) is 5.11 Å². The van der Waals surface area contributed by atoms with E-state index in [9.17, 15) is 13.9 Å². The summed E-state index contributed by atoms with van der Waals surface area (Å²) < 4.78 is 26.6. The molecule has 1 aliphatic rings. The molecule has 1 saturated carbocycles. The van der Waals surface area contributed by atoms with E-state index in [1.54, 1.807) is 0 Å². The van der Waals surface area contributed by atoms with Crippen LogP contribution >= 0.6 is 28.3 Å². The third-order valence-electron chi connectivity index (χ3n) is 3.43. The van der Waals surface area contributed by atoms with Crippen LogP contribution in [0.3, 0.4) is 0 Å². The lowest BCUT2D eigenvalue weighted by atomic mass is 9.92. The van der Waals surface area contributed by atoms with Crippen LogP contribution in [0, 0.1) is 17.6 Å². The van der Waals surface area contributed by atoms with Crippen molar-refractivity contribution >= 4 is 28.3 Å². The van der Waals surface area contributed by atoms with E-state index in [4.69, 9.17) is 5.73 Å². The van der Waals surface area contributed by atoms with Crippen molar-refractivity contribution in [3.8, 4) is 5.75 Å². The Kier molecular flexibility index (Phi) is 5.37. The SMILES string of the molecule is Cl.N[C@H](c1cc(Br)c(F)c(F)c1O)C1CCCC1. The summed E-state index contributed by atoms with van der Waals surface area (Å²) >= 11 is 2.93. The second kappa shape index (κ2) is 6.17. The van der Waals surface area contributed by atoms with Crippen molar-refractivity contribution in [3.63, 3.8) is 0 Å². The summed E-state index contributed by atoms with van der Waals surface area (Å²) in [6.07, 6.45) is 4.14. The highest BCUT2D eigenvalue weighted by Crippen LogP contribution is 2.40. The Labute approximate surface area is 119 Å². The van der Waals surface area contributed by atoms with Crippen LogP contribution in [0.4, 0.5) is 8.78 Å². The molecule has 3 N–H and O–H groups in total. The molecule has 0 amide bonds. The maximum atomic E-state index is 13.4. The first-order chi connectivity index (χ1) is 8.02.